The van der Waals surface area contributed by atoms with E-state index in [1.807, 2.05) is 0 Å². The summed E-state index contributed by atoms with van der Waals surface area (Å²) in [7, 11) is 0. The first-order valence-corrected chi connectivity index (χ1v) is 7.50. The van der Waals surface area contributed by atoms with Gasteiger partial charge < -0.3 is 15.7 Å². The second-order valence-corrected chi connectivity index (χ2v) is 5.90. The van der Waals surface area contributed by atoms with Crippen molar-refractivity contribution in [3.63, 3.8) is 0 Å². The Kier molecular flexibility index (Phi) is 5.31. The van der Waals surface area contributed by atoms with Crippen molar-refractivity contribution in [2.24, 2.45) is 5.92 Å². The third kappa shape index (κ3) is 4.25. The number of benzene rings is 1. The second-order valence-electron chi connectivity index (χ2n) is 5.09. The predicted molar refractivity (Wildman–Crippen MR) is 82.4 cm³/mol. The Balaban J connectivity index is 1.91. The standard InChI is InChI=1S/C14H16Cl2N2O3/c15-10-6-9(13(19)20)7-11(16)12(10)18-14(21)17-5-4-8-2-1-3-8/h6-8H,1-5H2,(H,19,20)(H2,17,18,21). The van der Waals surface area contributed by atoms with Crippen molar-refractivity contribution >= 4 is 40.9 Å². The Hall–Kier alpha value is -1.46. The minimum absolute atomic E-state index is 0.0269. The molecule has 3 N–H and O–H groups in total. The zero-order valence-corrected chi connectivity index (χ0v) is 12.8. The third-order valence-electron chi connectivity index (χ3n) is 3.59. The average Bonchev–Trinajstić information content (AvgIpc) is 2.36. The van der Waals surface area contributed by atoms with Gasteiger partial charge >= 0.3 is 12.0 Å². The number of rotatable bonds is 5. The molecule has 1 saturated carbocycles. The van der Waals surface area contributed by atoms with Gasteiger partial charge in [0.15, 0.2) is 0 Å². The Morgan fingerprint density at radius 3 is 2.33 bits per heavy atom. The van der Waals surface area contributed by atoms with Crippen LogP contribution < -0.4 is 10.6 Å². The van der Waals surface area contributed by atoms with E-state index in [4.69, 9.17) is 28.3 Å². The predicted octanol–water partition coefficient (Wildman–Crippen LogP) is 4.00. The van der Waals surface area contributed by atoms with Gasteiger partial charge in [-0.25, -0.2) is 9.59 Å². The van der Waals surface area contributed by atoms with Gasteiger partial charge in [0, 0.05) is 6.54 Å². The number of hydrogen-bond donors (Lipinski definition) is 3. The zero-order valence-electron chi connectivity index (χ0n) is 11.3. The first-order valence-electron chi connectivity index (χ1n) is 6.74. The third-order valence-corrected chi connectivity index (χ3v) is 4.19. The number of urea groups is 1. The van der Waals surface area contributed by atoms with Crippen molar-refractivity contribution in [3.8, 4) is 0 Å². The molecular formula is C14H16Cl2N2O3. The van der Waals surface area contributed by atoms with Gasteiger partial charge in [0.1, 0.15) is 0 Å². The van der Waals surface area contributed by atoms with Crippen LogP contribution in [0.1, 0.15) is 36.0 Å². The number of aromatic carboxylic acids is 1. The van der Waals surface area contributed by atoms with Gasteiger partial charge in [0.05, 0.1) is 21.3 Å². The van der Waals surface area contributed by atoms with Crippen molar-refractivity contribution in [2.75, 3.05) is 11.9 Å². The van der Waals surface area contributed by atoms with E-state index in [0.29, 0.717) is 12.5 Å². The van der Waals surface area contributed by atoms with E-state index in [-0.39, 0.29) is 21.3 Å². The van der Waals surface area contributed by atoms with Crippen molar-refractivity contribution in [3.05, 3.63) is 27.7 Å². The Labute approximate surface area is 132 Å². The van der Waals surface area contributed by atoms with Crippen LogP contribution in [0.25, 0.3) is 0 Å². The normalized spacial score (nSPS) is 14.4. The smallest absolute Gasteiger partial charge is 0.335 e. The molecule has 0 bridgehead atoms. The number of carbonyl (C=O) groups excluding carboxylic acids is 1. The maximum Gasteiger partial charge on any atom is 0.335 e. The van der Waals surface area contributed by atoms with Gasteiger partial charge in [-0.05, 0) is 24.5 Å². The maximum absolute atomic E-state index is 11.8. The lowest BCUT2D eigenvalue weighted by atomic mass is 9.83. The molecule has 1 aromatic carbocycles. The van der Waals surface area contributed by atoms with Gasteiger partial charge in [-0.15, -0.1) is 0 Å². The van der Waals surface area contributed by atoms with E-state index in [1.165, 1.54) is 31.4 Å². The fourth-order valence-electron chi connectivity index (χ4n) is 2.15. The van der Waals surface area contributed by atoms with E-state index < -0.39 is 12.0 Å². The highest BCUT2D eigenvalue weighted by molar-refractivity contribution is 6.40. The lowest BCUT2D eigenvalue weighted by molar-refractivity contribution is 0.0697. The molecule has 0 saturated heterocycles. The molecule has 2 amide bonds. The number of carboxylic acid groups (broad SMARTS) is 1. The molecule has 114 valence electrons. The first kappa shape index (κ1) is 15.9. The molecule has 1 aliphatic rings. The maximum atomic E-state index is 11.8. The summed E-state index contributed by atoms with van der Waals surface area (Å²) < 4.78 is 0. The van der Waals surface area contributed by atoms with Crippen LogP contribution in [-0.4, -0.2) is 23.7 Å². The number of halogens is 2. The molecule has 0 radical (unpaired) electrons. The van der Waals surface area contributed by atoms with E-state index >= 15 is 0 Å². The second kappa shape index (κ2) is 7.00. The number of carboxylic acids is 1. The van der Waals surface area contributed by atoms with Crippen molar-refractivity contribution in [1.29, 1.82) is 0 Å². The van der Waals surface area contributed by atoms with Gasteiger partial charge in [-0.2, -0.15) is 0 Å². The zero-order chi connectivity index (χ0) is 15.4. The lowest BCUT2D eigenvalue weighted by Crippen LogP contribution is -2.31. The van der Waals surface area contributed by atoms with Gasteiger partial charge in [-0.3, -0.25) is 0 Å². The molecule has 2 rings (SSSR count). The summed E-state index contributed by atoms with van der Waals surface area (Å²) >= 11 is 11.9. The van der Waals surface area contributed by atoms with Gasteiger partial charge in [-0.1, -0.05) is 42.5 Å². The molecule has 5 nitrogen and oxygen atoms in total. The number of amides is 2. The highest BCUT2D eigenvalue weighted by Crippen LogP contribution is 2.32. The molecule has 1 fully saturated rings. The fraction of sp³-hybridized carbons (Fsp3) is 0.429. The summed E-state index contributed by atoms with van der Waals surface area (Å²) in [4.78, 5) is 22.6. The summed E-state index contributed by atoms with van der Waals surface area (Å²) in [5.74, 6) is -0.414. The molecule has 0 atom stereocenters. The molecule has 7 heteroatoms. The minimum Gasteiger partial charge on any atom is -0.478 e. The van der Waals surface area contributed by atoms with Crippen LogP contribution in [0.15, 0.2) is 12.1 Å². The summed E-state index contributed by atoms with van der Waals surface area (Å²) in [5, 5.41) is 14.4. The van der Waals surface area contributed by atoms with Gasteiger partial charge in [0.2, 0.25) is 0 Å². The fourth-order valence-corrected chi connectivity index (χ4v) is 2.73. The summed E-state index contributed by atoms with van der Waals surface area (Å²) in [6, 6.07) is 2.10. The molecule has 0 aromatic heterocycles. The molecular weight excluding hydrogens is 315 g/mol. The van der Waals surface area contributed by atoms with Crippen LogP contribution in [-0.2, 0) is 0 Å². The average molecular weight is 331 g/mol. The van der Waals surface area contributed by atoms with Crippen LogP contribution in [0.2, 0.25) is 10.0 Å². The first-order chi connectivity index (χ1) is 9.97. The Morgan fingerprint density at radius 2 is 1.86 bits per heavy atom. The quantitative estimate of drug-likeness (QED) is 0.763. The topological polar surface area (TPSA) is 78.4 Å². The number of nitrogens with one attached hydrogen (secondary N) is 2. The highest BCUT2D eigenvalue weighted by Gasteiger charge is 2.17. The SMILES string of the molecule is O=C(NCCC1CCC1)Nc1c(Cl)cc(C(=O)O)cc1Cl. The van der Waals surface area contributed by atoms with E-state index in [1.54, 1.807) is 0 Å². The van der Waals surface area contributed by atoms with E-state index in [0.717, 1.165) is 6.42 Å². The molecule has 0 unspecified atom stereocenters. The van der Waals surface area contributed by atoms with Crippen LogP contribution in [0, 0.1) is 5.92 Å². The van der Waals surface area contributed by atoms with Crippen LogP contribution >= 0.6 is 23.2 Å². The number of carbonyl (C=O) groups is 2. The number of anilines is 1. The molecule has 0 aliphatic heterocycles. The molecule has 1 aliphatic carbocycles. The molecule has 1 aromatic rings. The largest absolute Gasteiger partial charge is 0.478 e. The molecule has 0 spiro atoms. The van der Waals surface area contributed by atoms with Crippen LogP contribution in [0.5, 0.6) is 0 Å². The number of hydrogen-bond acceptors (Lipinski definition) is 2. The lowest BCUT2D eigenvalue weighted by Gasteiger charge is -2.25. The van der Waals surface area contributed by atoms with Crippen LogP contribution in [0.4, 0.5) is 10.5 Å². The monoisotopic (exact) mass is 330 g/mol. The summed E-state index contributed by atoms with van der Waals surface area (Å²) in [5.41, 5.74) is 0.186. The highest BCUT2D eigenvalue weighted by atomic mass is 35.5. The van der Waals surface area contributed by atoms with Crippen LogP contribution in [0.3, 0.4) is 0 Å². The van der Waals surface area contributed by atoms with Crippen molar-refractivity contribution < 1.29 is 14.7 Å². The van der Waals surface area contributed by atoms with Crippen molar-refractivity contribution in [1.82, 2.24) is 5.32 Å². The minimum atomic E-state index is -1.13. The molecule has 21 heavy (non-hydrogen) atoms. The van der Waals surface area contributed by atoms with E-state index in [2.05, 4.69) is 10.6 Å². The van der Waals surface area contributed by atoms with Gasteiger partial charge in [0.25, 0.3) is 0 Å². The van der Waals surface area contributed by atoms with E-state index in [9.17, 15) is 9.59 Å². The Morgan fingerprint density at radius 1 is 1.24 bits per heavy atom. The summed E-state index contributed by atoms with van der Waals surface area (Å²) in [6.07, 6.45) is 4.71. The Bertz CT molecular complexity index is 536. The molecule has 0 heterocycles. The van der Waals surface area contributed by atoms with Crippen molar-refractivity contribution in [2.45, 2.75) is 25.7 Å². The summed E-state index contributed by atoms with van der Waals surface area (Å²) in [6.45, 7) is 0.596.